The van der Waals surface area contributed by atoms with Crippen LogP contribution in [0.25, 0.3) is 11.0 Å². The first-order valence-corrected chi connectivity index (χ1v) is 8.87. The summed E-state index contributed by atoms with van der Waals surface area (Å²) in [4.78, 5) is 4.59. The van der Waals surface area contributed by atoms with Crippen LogP contribution in [0, 0.1) is 0 Å². The van der Waals surface area contributed by atoms with Gasteiger partial charge in [0.25, 0.3) is 0 Å². The van der Waals surface area contributed by atoms with E-state index in [1.807, 2.05) is 32.0 Å². The summed E-state index contributed by atoms with van der Waals surface area (Å²) in [6, 6.07) is 5.97. The third-order valence-electron chi connectivity index (χ3n) is 3.10. The molecular formula is C13H16BrClN2OS. The summed E-state index contributed by atoms with van der Waals surface area (Å²) in [5.41, 5.74) is 1.94. The lowest BCUT2D eigenvalue weighted by Crippen LogP contribution is -2.19. The van der Waals surface area contributed by atoms with Gasteiger partial charge >= 0.3 is 0 Å². The van der Waals surface area contributed by atoms with Crippen molar-refractivity contribution in [3.05, 3.63) is 28.5 Å². The molecule has 0 amide bonds. The molecule has 0 spiro atoms. The second kappa shape index (κ2) is 5.94. The van der Waals surface area contributed by atoms with Crippen LogP contribution in [0.15, 0.2) is 22.7 Å². The molecule has 2 rings (SSSR count). The Labute approximate surface area is 128 Å². The van der Waals surface area contributed by atoms with E-state index in [-0.39, 0.29) is 10.6 Å². The minimum Gasteiger partial charge on any atom is -0.326 e. The lowest BCUT2D eigenvalue weighted by atomic mass is 10.3. The van der Waals surface area contributed by atoms with Gasteiger partial charge in [0.15, 0.2) is 0 Å². The third kappa shape index (κ3) is 3.20. The fourth-order valence-electron chi connectivity index (χ4n) is 1.98. The first kappa shape index (κ1) is 15.0. The zero-order valence-electron chi connectivity index (χ0n) is 11.1. The molecule has 1 aromatic carbocycles. The summed E-state index contributed by atoms with van der Waals surface area (Å²) < 4.78 is 14.6. The fraction of sp³-hybridized carbons (Fsp3) is 0.462. The normalized spacial score (nSPS) is 16.5. The summed E-state index contributed by atoms with van der Waals surface area (Å²) in [5.74, 6) is 0.826. The molecule has 104 valence electrons. The predicted molar refractivity (Wildman–Crippen MR) is 85.2 cm³/mol. The minimum atomic E-state index is -0.865. The number of alkyl halides is 1. The first-order valence-electron chi connectivity index (χ1n) is 6.02. The van der Waals surface area contributed by atoms with Crippen LogP contribution in [-0.2, 0) is 17.3 Å². The Kier molecular flexibility index (Phi) is 4.69. The van der Waals surface area contributed by atoms with Crippen molar-refractivity contribution < 1.29 is 4.21 Å². The predicted octanol–water partition coefficient (Wildman–Crippen LogP) is 3.87. The van der Waals surface area contributed by atoms with Crippen molar-refractivity contribution in [2.45, 2.75) is 31.0 Å². The topological polar surface area (TPSA) is 34.9 Å². The molecule has 2 aromatic rings. The molecular weight excluding hydrogens is 348 g/mol. The van der Waals surface area contributed by atoms with Crippen molar-refractivity contribution in [3.63, 3.8) is 0 Å². The SMILES string of the molecule is CC(Cl)c1nc2cc(Br)ccc2n1CC(C)S(C)=O. The Morgan fingerprint density at radius 1 is 1.47 bits per heavy atom. The van der Waals surface area contributed by atoms with Crippen LogP contribution in [0.5, 0.6) is 0 Å². The number of halogens is 2. The second-order valence-electron chi connectivity index (χ2n) is 4.64. The molecule has 0 bridgehead atoms. The number of hydrogen-bond acceptors (Lipinski definition) is 2. The molecule has 0 aliphatic rings. The maximum Gasteiger partial charge on any atom is 0.127 e. The average molecular weight is 364 g/mol. The molecule has 3 atom stereocenters. The molecule has 6 heteroatoms. The highest BCUT2D eigenvalue weighted by molar-refractivity contribution is 9.10. The molecule has 3 nitrogen and oxygen atoms in total. The van der Waals surface area contributed by atoms with Crippen molar-refractivity contribution in [1.29, 1.82) is 0 Å². The lowest BCUT2D eigenvalue weighted by molar-refractivity contribution is 0.632. The van der Waals surface area contributed by atoms with Crippen LogP contribution < -0.4 is 0 Å². The molecule has 3 unspecified atom stereocenters. The molecule has 0 aliphatic carbocycles. The van der Waals surface area contributed by atoms with Crippen molar-refractivity contribution in [3.8, 4) is 0 Å². The smallest absolute Gasteiger partial charge is 0.127 e. The maximum absolute atomic E-state index is 11.6. The van der Waals surface area contributed by atoms with Gasteiger partial charge in [-0.25, -0.2) is 4.98 Å². The van der Waals surface area contributed by atoms with E-state index in [1.165, 1.54) is 0 Å². The average Bonchev–Trinajstić information content (AvgIpc) is 2.67. The van der Waals surface area contributed by atoms with Gasteiger partial charge in [-0.05, 0) is 32.0 Å². The van der Waals surface area contributed by atoms with Crippen molar-refractivity contribution in [2.24, 2.45) is 0 Å². The highest BCUT2D eigenvalue weighted by atomic mass is 79.9. The number of rotatable bonds is 4. The largest absolute Gasteiger partial charge is 0.326 e. The molecule has 1 aromatic heterocycles. The number of nitrogens with zero attached hydrogens (tertiary/aromatic N) is 2. The number of imidazole rings is 1. The second-order valence-corrected chi connectivity index (χ2v) is 8.01. The van der Waals surface area contributed by atoms with Gasteiger partial charge in [0.05, 0.1) is 16.4 Å². The van der Waals surface area contributed by atoms with E-state index in [4.69, 9.17) is 11.6 Å². The van der Waals surface area contributed by atoms with Gasteiger partial charge in [-0.2, -0.15) is 0 Å². The highest BCUT2D eigenvalue weighted by Gasteiger charge is 2.18. The van der Waals surface area contributed by atoms with E-state index in [0.29, 0.717) is 6.54 Å². The molecule has 0 aliphatic heterocycles. The van der Waals surface area contributed by atoms with E-state index < -0.39 is 10.8 Å². The van der Waals surface area contributed by atoms with Crippen LogP contribution in [0.4, 0.5) is 0 Å². The monoisotopic (exact) mass is 362 g/mol. The van der Waals surface area contributed by atoms with Crippen LogP contribution in [-0.4, -0.2) is 25.3 Å². The molecule has 0 fully saturated rings. The Bertz CT molecular complexity index is 626. The standard InChI is InChI=1S/C13H16BrClN2OS/c1-8(19(3)18)7-17-12-5-4-10(14)6-11(12)16-13(17)9(2)15/h4-6,8-9H,7H2,1-3H3. The number of benzene rings is 1. The van der Waals surface area contributed by atoms with Gasteiger partial charge in [-0.15, -0.1) is 11.6 Å². The number of aromatic nitrogens is 2. The molecule has 0 saturated carbocycles. The third-order valence-corrected chi connectivity index (χ3v) is 5.07. The van der Waals surface area contributed by atoms with Gasteiger partial charge in [0.2, 0.25) is 0 Å². The van der Waals surface area contributed by atoms with E-state index >= 15 is 0 Å². The Morgan fingerprint density at radius 3 is 2.74 bits per heavy atom. The van der Waals surface area contributed by atoms with E-state index in [9.17, 15) is 4.21 Å². The zero-order chi connectivity index (χ0) is 14.2. The van der Waals surface area contributed by atoms with Gasteiger partial charge in [0.1, 0.15) is 5.82 Å². The number of fused-ring (bicyclic) bond motifs is 1. The van der Waals surface area contributed by atoms with Crippen LogP contribution in [0.1, 0.15) is 25.0 Å². The summed E-state index contributed by atoms with van der Waals surface area (Å²) >= 11 is 9.66. The summed E-state index contributed by atoms with van der Waals surface area (Å²) in [6.07, 6.45) is 1.73. The van der Waals surface area contributed by atoms with E-state index in [0.717, 1.165) is 21.3 Å². The first-order chi connectivity index (χ1) is 8.90. The van der Waals surface area contributed by atoms with Gasteiger partial charge in [-0.1, -0.05) is 15.9 Å². The highest BCUT2D eigenvalue weighted by Crippen LogP contribution is 2.27. The van der Waals surface area contributed by atoms with Crippen molar-refractivity contribution >= 4 is 49.4 Å². The molecule has 0 saturated heterocycles. The van der Waals surface area contributed by atoms with Crippen molar-refractivity contribution in [1.82, 2.24) is 9.55 Å². The van der Waals surface area contributed by atoms with E-state index in [2.05, 4.69) is 25.5 Å². The molecule has 0 N–H and O–H groups in total. The Morgan fingerprint density at radius 2 is 2.16 bits per heavy atom. The fourth-order valence-corrected chi connectivity index (χ4v) is 2.85. The Hall–Kier alpha value is -0.390. The summed E-state index contributed by atoms with van der Waals surface area (Å²) in [7, 11) is -0.865. The quantitative estimate of drug-likeness (QED) is 0.773. The van der Waals surface area contributed by atoms with Crippen LogP contribution >= 0.6 is 27.5 Å². The van der Waals surface area contributed by atoms with E-state index in [1.54, 1.807) is 6.26 Å². The maximum atomic E-state index is 11.6. The number of hydrogen-bond donors (Lipinski definition) is 0. The molecule has 19 heavy (non-hydrogen) atoms. The van der Waals surface area contributed by atoms with Gasteiger partial charge in [-0.3, -0.25) is 4.21 Å². The summed E-state index contributed by atoms with van der Waals surface area (Å²) in [6.45, 7) is 4.54. The lowest BCUT2D eigenvalue weighted by Gasteiger charge is -2.14. The summed E-state index contributed by atoms with van der Waals surface area (Å²) in [5, 5.41) is -0.112. The van der Waals surface area contributed by atoms with Gasteiger partial charge < -0.3 is 4.57 Å². The van der Waals surface area contributed by atoms with Crippen LogP contribution in [0.3, 0.4) is 0 Å². The molecule has 1 heterocycles. The molecule has 0 radical (unpaired) electrons. The van der Waals surface area contributed by atoms with Crippen LogP contribution in [0.2, 0.25) is 0 Å². The van der Waals surface area contributed by atoms with Crippen molar-refractivity contribution in [2.75, 3.05) is 6.26 Å². The zero-order valence-corrected chi connectivity index (χ0v) is 14.2. The van der Waals surface area contributed by atoms with Gasteiger partial charge in [0, 0.05) is 33.3 Å². The Balaban J connectivity index is 2.55. The minimum absolute atomic E-state index is 0.0650.